The molecule has 0 radical (unpaired) electrons. The van der Waals surface area contributed by atoms with Crippen molar-refractivity contribution < 1.29 is 14.4 Å². The van der Waals surface area contributed by atoms with Crippen LogP contribution in [-0.2, 0) is 9.59 Å². The van der Waals surface area contributed by atoms with Crippen LogP contribution in [0.1, 0.15) is 23.2 Å². The molecule has 7 heteroatoms. The van der Waals surface area contributed by atoms with Gasteiger partial charge in [-0.3, -0.25) is 14.4 Å². The molecule has 2 rings (SSSR count). The summed E-state index contributed by atoms with van der Waals surface area (Å²) in [5.41, 5.74) is 8.19. The quantitative estimate of drug-likeness (QED) is 0.710. The molecule has 1 aliphatic heterocycles. The number of primary amides is 1. The molecule has 0 aromatic heterocycles. The van der Waals surface area contributed by atoms with E-state index in [2.05, 4.69) is 15.8 Å². The van der Waals surface area contributed by atoms with E-state index in [-0.39, 0.29) is 30.0 Å². The summed E-state index contributed by atoms with van der Waals surface area (Å²) in [5, 5.41) is 6.22. The van der Waals surface area contributed by atoms with Crippen LogP contribution < -0.4 is 16.5 Å². The van der Waals surface area contributed by atoms with Gasteiger partial charge in [0.15, 0.2) is 0 Å². The number of nitrogens with zero attached hydrogens (tertiary/aromatic N) is 1. The molecule has 4 N–H and O–H groups in total. The van der Waals surface area contributed by atoms with E-state index >= 15 is 0 Å². The molecule has 0 unspecified atom stereocenters. The summed E-state index contributed by atoms with van der Waals surface area (Å²) in [6, 6.07) is 6.41. The molecule has 0 spiro atoms. The number of benzene rings is 1. The molecule has 0 bridgehead atoms. The van der Waals surface area contributed by atoms with E-state index in [0.717, 1.165) is 0 Å². The third-order valence-electron chi connectivity index (χ3n) is 2.61. The maximum atomic E-state index is 11.9. The Morgan fingerprint density at radius 2 is 2.00 bits per heavy atom. The Kier molecular flexibility index (Phi) is 3.56. The zero-order valence-electron chi connectivity index (χ0n) is 9.97. The highest BCUT2D eigenvalue weighted by molar-refractivity contribution is 6.43. The lowest BCUT2D eigenvalue weighted by atomic mass is 10.1. The fourth-order valence-electron chi connectivity index (χ4n) is 1.64. The van der Waals surface area contributed by atoms with E-state index < -0.39 is 11.8 Å². The van der Waals surface area contributed by atoms with Crippen LogP contribution in [0.4, 0.5) is 5.69 Å². The lowest BCUT2D eigenvalue weighted by molar-refractivity contribution is -0.121. The summed E-state index contributed by atoms with van der Waals surface area (Å²) in [6.45, 7) is 0. The highest BCUT2D eigenvalue weighted by Gasteiger charge is 2.19. The molecule has 7 nitrogen and oxygen atoms in total. The molecule has 0 saturated carbocycles. The van der Waals surface area contributed by atoms with Crippen molar-refractivity contribution in [2.45, 2.75) is 12.8 Å². The van der Waals surface area contributed by atoms with Gasteiger partial charge in [-0.05, 0) is 12.1 Å². The van der Waals surface area contributed by atoms with Crippen LogP contribution >= 0.6 is 0 Å². The van der Waals surface area contributed by atoms with Gasteiger partial charge in [0.05, 0.1) is 11.3 Å². The molecule has 1 aliphatic rings. The number of hydrogen-bond acceptors (Lipinski definition) is 4. The molecule has 0 atom stereocenters. The standard InChI is InChI=1S/C12H12N4O3/c13-11(18)7-3-1-2-4-8(7)14-12(19)9-5-6-10(17)16-15-9/h1-4H,5-6H2,(H2,13,18)(H,14,19)(H,16,17). The van der Waals surface area contributed by atoms with Crippen LogP contribution in [0.2, 0.25) is 0 Å². The topological polar surface area (TPSA) is 114 Å². The minimum Gasteiger partial charge on any atom is -0.366 e. The van der Waals surface area contributed by atoms with Crippen LogP contribution in [-0.4, -0.2) is 23.4 Å². The summed E-state index contributed by atoms with van der Waals surface area (Å²) in [7, 11) is 0. The summed E-state index contributed by atoms with van der Waals surface area (Å²) >= 11 is 0. The van der Waals surface area contributed by atoms with E-state index in [1.54, 1.807) is 18.2 Å². The van der Waals surface area contributed by atoms with Gasteiger partial charge in [-0.1, -0.05) is 12.1 Å². The number of para-hydroxylation sites is 1. The number of carbonyl (C=O) groups excluding carboxylic acids is 3. The molecule has 98 valence electrons. The SMILES string of the molecule is NC(=O)c1ccccc1NC(=O)C1=NNC(=O)CC1. The van der Waals surface area contributed by atoms with Gasteiger partial charge >= 0.3 is 0 Å². The Bertz CT molecular complexity index is 580. The van der Waals surface area contributed by atoms with Crippen molar-refractivity contribution >= 4 is 29.1 Å². The van der Waals surface area contributed by atoms with Crippen LogP contribution in [0.25, 0.3) is 0 Å². The van der Waals surface area contributed by atoms with E-state index in [1.807, 2.05) is 0 Å². The maximum Gasteiger partial charge on any atom is 0.271 e. The van der Waals surface area contributed by atoms with E-state index in [4.69, 9.17) is 5.73 Å². The summed E-state index contributed by atoms with van der Waals surface area (Å²) in [6.07, 6.45) is 0.472. The van der Waals surface area contributed by atoms with Crippen LogP contribution in [0.15, 0.2) is 29.4 Å². The van der Waals surface area contributed by atoms with Gasteiger partial charge in [0.25, 0.3) is 11.8 Å². The highest BCUT2D eigenvalue weighted by atomic mass is 16.2. The smallest absolute Gasteiger partial charge is 0.271 e. The molecule has 0 saturated heterocycles. The second-order valence-electron chi connectivity index (χ2n) is 3.96. The van der Waals surface area contributed by atoms with Crippen LogP contribution in [0.3, 0.4) is 0 Å². The zero-order valence-corrected chi connectivity index (χ0v) is 9.97. The van der Waals surface area contributed by atoms with E-state index in [1.165, 1.54) is 6.07 Å². The molecule has 1 heterocycles. The van der Waals surface area contributed by atoms with Crippen molar-refractivity contribution in [2.24, 2.45) is 10.8 Å². The molecule has 3 amide bonds. The number of nitrogens with two attached hydrogens (primary N) is 1. The number of rotatable bonds is 3. The van der Waals surface area contributed by atoms with Crippen molar-refractivity contribution in [1.29, 1.82) is 0 Å². The Morgan fingerprint density at radius 1 is 1.26 bits per heavy atom. The van der Waals surface area contributed by atoms with Crippen molar-refractivity contribution in [2.75, 3.05) is 5.32 Å². The third-order valence-corrected chi connectivity index (χ3v) is 2.61. The first-order chi connectivity index (χ1) is 9.08. The van der Waals surface area contributed by atoms with Gasteiger partial charge in [-0.2, -0.15) is 5.10 Å². The normalized spacial score (nSPS) is 14.3. The monoisotopic (exact) mass is 260 g/mol. The molecular formula is C12H12N4O3. The average Bonchev–Trinajstić information content (AvgIpc) is 2.39. The Balaban J connectivity index is 2.16. The largest absolute Gasteiger partial charge is 0.366 e. The van der Waals surface area contributed by atoms with Crippen LogP contribution in [0, 0.1) is 0 Å². The van der Waals surface area contributed by atoms with E-state index in [0.29, 0.717) is 5.69 Å². The summed E-state index contributed by atoms with van der Waals surface area (Å²) < 4.78 is 0. The van der Waals surface area contributed by atoms with Crippen LogP contribution in [0.5, 0.6) is 0 Å². The Hall–Kier alpha value is -2.70. The lowest BCUT2D eigenvalue weighted by Gasteiger charge is -2.13. The van der Waals surface area contributed by atoms with Gasteiger partial charge in [0.2, 0.25) is 5.91 Å². The van der Waals surface area contributed by atoms with Crippen molar-refractivity contribution in [3.8, 4) is 0 Å². The zero-order chi connectivity index (χ0) is 13.8. The molecule has 1 aromatic rings. The van der Waals surface area contributed by atoms with Crippen molar-refractivity contribution in [3.05, 3.63) is 29.8 Å². The number of hydrogen-bond donors (Lipinski definition) is 3. The van der Waals surface area contributed by atoms with Gasteiger partial charge in [0.1, 0.15) is 5.71 Å². The number of anilines is 1. The fourth-order valence-corrected chi connectivity index (χ4v) is 1.64. The lowest BCUT2D eigenvalue weighted by Crippen LogP contribution is -2.33. The number of hydrazone groups is 1. The predicted molar refractivity (Wildman–Crippen MR) is 68.4 cm³/mol. The molecule has 19 heavy (non-hydrogen) atoms. The Labute approximate surface area is 108 Å². The predicted octanol–water partition coefficient (Wildman–Crippen LogP) is -0.0100. The van der Waals surface area contributed by atoms with E-state index in [9.17, 15) is 14.4 Å². The van der Waals surface area contributed by atoms with Gasteiger partial charge in [-0.15, -0.1) is 0 Å². The second kappa shape index (κ2) is 5.30. The van der Waals surface area contributed by atoms with Gasteiger partial charge in [-0.25, -0.2) is 5.43 Å². The summed E-state index contributed by atoms with van der Waals surface area (Å²) in [4.78, 5) is 34.0. The minimum absolute atomic E-state index is 0.207. The van der Waals surface area contributed by atoms with Gasteiger partial charge in [0, 0.05) is 12.8 Å². The average molecular weight is 260 g/mol. The molecule has 1 aromatic carbocycles. The van der Waals surface area contributed by atoms with Gasteiger partial charge < -0.3 is 11.1 Å². The first kappa shape index (κ1) is 12.7. The molecule has 0 aliphatic carbocycles. The highest BCUT2D eigenvalue weighted by Crippen LogP contribution is 2.14. The maximum absolute atomic E-state index is 11.9. The Morgan fingerprint density at radius 3 is 2.63 bits per heavy atom. The number of amides is 3. The second-order valence-corrected chi connectivity index (χ2v) is 3.96. The fraction of sp³-hybridized carbons (Fsp3) is 0.167. The number of nitrogens with one attached hydrogen (secondary N) is 2. The van der Waals surface area contributed by atoms with Crippen molar-refractivity contribution in [1.82, 2.24) is 5.43 Å². The molecule has 0 fully saturated rings. The first-order valence-electron chi connectivity index (χ1n) is 5.63. The first-order valence-corrected chi connectivity index (χ1v) is 5.63. The third kappa shape index (κ3) is 2.95. The number of carbonyl (C=O) groups is 3. The van der Waals surface area contributed by atoms with Crippen molar-refractivity contribution in [3.63, 3.8) is 0 Å². The molecular weight excluding hydrogens is 248 g/mol. The minimum atomic E-state index is -0.630. The summed E-state index contributed by atoms with van der Waals surface area (Å²) in [5.74, 6) is -1.32.